The lowest BCUT2D eigenvalue weighted by Gasteiger charge is -2.19. The number of benzene rings is 1. The molecule has 0 aliphatic heterocycles. The first-order chi connectivity index (χ1) is 7.13. The largest absolute Gasteiger partial charge is 0.395 e. The maximum atomic E-state index is 9.14. The number of aliphatic hydroxyl groups excluding tert-OH is 1. The Morgan fingerprint density at radius 3 is 2.67 bits per heavy atom. The Hall–Kier alpha value is -0.570. The van der Waals surface area contributed by atoms with Crippen molar-refractivity contribution in [3.63, 3.8) is 0 Å². The molecule has 0 aliphatic rings. The summed E-state index contributed by atoms with van der Waals surface area (Å²) in [5, 5.41) is 13.2. The number of nitrogens with one attached hydrogen (secondary N) is 1. The lowest BCUT2D eigenvalue weighted by Crippen LogP contribution is -2.36. The highest BCUT2D eigenvalue weighted by molar-refractivity contribution is 6.30. The maximum absolute atomic E-state index is 9.14. The summed E-state index contributed by atoms with van der Waals surface area (Å²) < 4.78 is 0. The summed E-state index contributed by atoms with van der Waals surface area (Å²) in [7, 11) is 0. The second-order valence-electron chi connectivity index (χ2n) is 4.04. The number of hydrogen-bond donors (Lipinski definition) is 2. The van der Waals surface area contributed by atoms with Crippen LogP contribution in [0.15, 0.2) is 24.3 Å². The van der Waals surface area contributed by atoms with Crippen molar-refractivity contribution in [1.29, 1.82) is 0 Å². The van der Waals surface area contributed by atoms with Gasteiger partial charge in [-0.15, -0.1) is 0 Å². The molecule has 0 radical (unpaired) electrons. The van der Waals surface area contributed by atoms with Gasteiger partial charge in [-0.3, -0.25) is 0 Å². The van der Waals surface area contributed by atoms with Gasteiger partial charge in [0.25, 0.3) is 0 Å². The summed E-state index contributed by atoms with van der Waals surface area (Å²) in [5.74, 6) is 0.425. The zero-order valence-electron chi connectivity index (χ0n) is 9.20. The first kappa shape index (κ1) is 12.5. The number of aliphatic hydroxyl groups is 1. The van der Waals surface area contributed by atoms with Gasteiger partial charge < -0.3 is 10.4 Å². The quantitative estimate of drug-likeness (QED) is 0.810. The Balaban J connectivity index is 2.49. The van der Waals surface area contributed by atoms with Gasteiger partial charge in [-0.25, -0.2) is 0 Å². The van der Waals surface area contributed by atoms with Gasteiger partial charge in [0.05, 0.1) is 6.61 Å². The summed E-state index contributed by atoms with van der Waals surface area (Å²) in [6, 6.07) is 7.89. The highest BCUT2D eigenvalue weighted by Gasteiger charge is 2.10. The van der Waals surface area contributed by atoms with E-state index < -0.39 is 0 Å². The van der Waals surface area contributed by atoms with Crippen LogP contribution in [0.2, 0.25) is 5.02 Å². The Kier molecular flexibility index (Phi) is 5.09. The SMILES string of the molecule is CC(C)[C@@H](CO)NCc1cccc(Cl)c1. The zero-order chi connectivity index (χ0) is 11.3. The molecule has 0 unspecified atom stereocenters. The van der Waals surface area contributed by atoms with Gasteiger partial charge in [-0.05, 0) is 23.6 Å². The molecule has 3 heteroatoms. The molecular weight excluding hydrogens is 210 g/mol. The summed E-state index contributed by atoms with van der Waals surface area (Å²) in [6.45, 7) is 5.08. The molecule has 1 atom stereocenters. The molecule has 1 aromatic carbocycles. The Bertz CT molecular complexity index is 301. The van der Waals surface area contributed by atoms with E-state index in [1.807, 2.05) is 24.3 Å². The van der Waals surface area contributed by atoms with Crippen molar-refractivity contribution < 1.29 is 5.11 Å². The molecule has 0 fully saturated rings. The predicted molar refractivity (Wildman–Crippen MR) is 64.0 cm³/mol. The first-order valence-electron chi connectivity index (χ1n) is 5.22. The molecule has 2 nitrogen and oxygen atoms in total. The fourth-order valence-corrected chi connectivity index (χ4v) is 1.62. The zero-order valence-corrected chi connectivity index (χ0v) is 9.96. The molecule has 0 aliphatic carbocycles. The predicted octanol–water partition coefficient (Wildman–Crippen LogP) is 2.45. The molecule has 0 amide bonds. The Morgan fingerprint density at radius 1 is 1.40 bits per heavy atom. The molecule has 1 aromatic rings. The second-order valence-corrected chi connectivity index (χ2v) is 4.48. The molecule has 1 rings (SSSR count). The van der Waals surface area contributed by atoms with Crippen LogP contribution in [0.3, 0.4) is 0 Å². The van der Waals surface area contributed by atoms with Crippen LogP contribution < -0.4 is 5.32 Å². The molecule has 2 N–H and O–H groups in total. The Labute approximate surface area is 96.3 Å². The molecule has 84 valence electrons. The molecule has 0 saturated carbocycles. The van der Waals surface area contributed by atoms with E-state index in [1.165, 1.54) is 0 Å². The normalized spacial score (nSPS) is 13.1. The lowest BCUT2D eigenvalue weighted by atomic mass is 10.1. The molecule has 0 spiro atoms. The highest BCUT2D eigenvalue weighted by Crippen LogP contribution is 2.11. The van der Waals surface area contributed by atoms with Crippen LogP contribution in [-0.2, 0) is 6.54 Å². The average Bonchev–Trinajstić information content (AvgIpc) is 2.18. The van der Waals surface area contributed by atoms with Crippen LogP contribution in [0.25, 0.3) is 0 Å². The smallest absolute Gasteiger partial charge is 0.0587 e. The number of rotatable bonds is 5. The molecular formula is C12H18ClNO. The Morgan fingerprint density at radius 2 is 2.13 bits per heavy atom. The van der Waals surface area contributed by atoms with Gasteiger partial charge in [0.15, 0.2) is 0 Å². The summed E-state index contributed by atoms with van der Waals surface area (Å²) in [5.41, 5.74) is 1.14. The molecule has 0 saturated heterocycles. The van der Waals surface area contributed by atoms with Crippen LogP contribution in [-0.4, -0.2) is 17.8 Å². The summed E-state index contributed by atoms with van der Waals surface area (Å²) >= 11 is 5.88. The third-order valence-electron chi connectivity index (χ3n) is 2.46. The monoisotopic (exact) mass is 227 g/mol. The van der Waals surface area contributed by atoms with Crippen LogP contribution in [0.5, 0.6) is 0 Å². The van der Waals surface area contributed by atoms with Crippen molar-refractivity contribution in [1.82, 2.24) is 5.32 Å². The lowest BCUT2D eigenvalue weighted by molar-refractivity contribution is 0.210. The topological polar surface area (TPSA) is 32.3 Å². The van der Waals surface area contributed by atoms with Crippen molar-refractivity contribution in [3.8, 4) is 0 Å². The van der Waals surface area contributed by atoms with E-state index in [4.69, 9.17) is 16.7 Å². The van der Waals surface area contributed by atoms with Gasteiger partial charge in [-0.2, -0.15) is 0 Å². The van der Waals surface area contributed by atoms with Gasteiger partial charge in [-0.1, -0.05) is 37.6 Å². The van der Waals surface area contributed by atoms with Gasteiger partial charge in [0, 0.05) is 17.6 Å². The van der Waals surface area contributed by atoms with Crippen molar-refractivity contribution in [3.05, 3.63) is 34.9 Å². The highest BCUT2D eigenvalue weighted by atomic mass is 35.5. The molecule has 0 bridgehead atoms. The third-order valence-corrected chi connectivity index (χ3v) is 2.69. The van der Waals surface area contributed by atoms with Crippen molar-refractivity contribution in [2.45, 2.75) is 26.4 Å². The standard InChI is InChI=1S/C12H18ClNO/c1-9(2)12(8-15)14-7-10-4-3-5-11(13)6-10/h3-6,9,12,14-15H,7-8H2,1-2H3/t12-/m1/s1. The van der Waals surface area contributed by atoms with E-state index in [1.54, 1.807) is 0 Å². The van der Waals surface area contributed by atoms with Gasteiger partial charge >= 0.3 is 0 Å². The van der Waals surface area contributed by atoms with E-state index in [2.05, 4.69) is 19.2 Å². The van der Waals surface area contributed by atoms with Crippen LogP contribution in [0, 0.1) is 5.92 Å². The van der Waals surface area contributed by atoms with E-state index in [9.17, 15) is 0 Å². The van der Waals surface area contributed by atoms with Crippen LogP contribution in [0.1, 0.15) is 19.4 Å². The van der Waals surface area contributed by atoms with E-state index in [0.29, 0.717) is 5.92 Å². The third kappa shape index (κ3) is 4.20. The van der Waals surface area contributed by atoms with Gasteiger partial charge in [0.2, 0.25) is 0 Å². The first-order valence-corrected chi connectivity index (χ1v) is 5.60. The summed E-state index contributed by atoms with van der Waals surface area (Å²) in [6.07, 6.45) is 0. The van der Waals surface area contributed by atoms with E-state index in [-0.39, 0.29) is 12.6 Å². The molecule has 0 aromatic heterocycles. The minimum atomic E-state index is 0.143. The fourth-order valence-electron chi connectivity index (χ4n) is 1.41. The van der Waals surface area contributed by atoms with E-state index in [0.717, 1.165) is 17.1 Å². The summed E-state index contributed by atoms with van der Waals surface area (Å²) in [4.78, 5) is 0. The van der Waals surface area contributed by atoms with E-state index >= 15 is 0 Å². The molecule has 15 heavy (non-hydrogen) atoms. The number of hydrogen-bond acceptors (Lipinski definition) is 2. The fraction of sp³-hybridized carbons (Fsp3) is 0.500. The minimum Gasteiger partial charge on any atom is -0.395 e. The van der Waals surface area contributed by atoms with Crippen molar-refractivity contribution in [2.24, 2.45) is 5.92 Å². The number of halogens is 1. The van der Waals surface area contributed by atoms with Crippen LogP contribution in [0.4, 0.5) is 0 Å². The average molecular weight is 228 g/mol. The van der Waals surface area contributed by atoms with Crippen molar-refractivity contribution >= 4 is 11.6 Å². The maximum Gasteiger partial charge on any atom is 0.0587 e. The second kappa shape index (κ2) is 6.11. The minimum absolute atomic E-state index is 0.143. The van der Waals surface area contributed by atoms with Crippen molar-refractivity contribution in [2.75, 3.05) is 6.61 Å². The van der Waals surface area contributed by atoms with Gasteiger partial charge in [0.1, 0.15) is 0 Å². The van der Waals surface area contributed by atoms with Crippen LogP contribution >= 0.6 is 11.6 Å². The molecule has 0 heterocycles.